The van der Waals surface area contributed by atoms with E-state index in [2.05, 4.69) is 43.7 Å². The number of aromatic nitrogens is 7. The van der Waals surface area contributed by atoms with E-state index in [0.717, 1.165) is 50.7 Å². The summed E-state index contributed by atoms with van der Waals surface area (Å²) in [4.78, 5) is 2.53. The van der Waals surface area contributed by atoms with Crippen LogP contribution in [0.3, 0.4) is 0 Å². The number of aryl methyl sites for hydroxylation is 1. The van der Waals surface area contributed by atoms with Gasteiger partial charge in [0, 0.05) is 49.7 Å². The lowest BCUT2D eigenvalue weighted by Gasteiger charge is -2.31. The molecule has 0 unspecified atom stereocenters. The van der Waals surface area contributed by atoms with Gasteiger partial charge in [-0.3, -0.25) is 14.3 Å². The molecular weight excluding hydrogens is 340 g/mol. The van der Waals surface area contributed by atoms with Gasteiger partial charge in [-0.2, -0.15) is 10.2 Å². The van der Waals surface area contributed by atoms with Crippen molar-refractivity contribution >= 4 is 0 Å². The van der Waals surface area contributed by atoms with Gasteiger partial charge in [0.25, 0.3) is 0 Å². The third kappa shape index (κ3) is 3.66. The van der Waals surface area contributed by atoms with E-state index in [-0.39, 0.29) is 0 Å². The quantitative estimate of drug-likeness (QED) is 0.665. The van der Waals surface area contributed by atoms with E-state index in [1.165, 1.54) is 11.3 Å². The van der Waals surface area contributed by atoms with Gasteiger partial charge in [-0.1, -0.05) is 0 Å². The molecule has 1 aliphatic rings. The summed E-state index contributed by atoms with van der Waals surface area (Å²) in [5.74, 6) is 2.61. The molecule has 27 heavy (non-hydrogen) atoms. The van der Waals surface area contributed by atoms with E-state index >= 15 is 0 Å². The van der Waals surface area contributed by atoms with Crippen LogP contribution < -0.4 is 0 Å². The first-order valence-electron chi connectivity index (χ1n) is 9.75. The van der Waals surface area contributed by atoms with Crippen molar-refractivity contribution in [1.82, 2.24) is 39.2 Å². The average Bonchev–Trinajstić information content (AvgIpc) is 3.40. The minimum Gasteiger partial charge on any atom is -0.313 e. The summed E-state index contributed by atoms with van der Waals surface area (Å²) >= 11 is 0. The molecule has 0 atom stereocenters. The Balaban J connectivity index is 1.40. The SMILES string of the molecule is CCn1c(Cn2cccn2)nnc1C1CCN(Cc2cnn(C)c2C)CC1. The van der Waals surface area contributed by atoms with Gasteiger partial charge in [-0.05, 0) is 45.8 Å². The van der Waals surface area contributed by atoms with Gasteiger partial charge in [0.1, 0.15) is 12.4 Å². The fraction of sp³-hybridized carbons (Fsp3) is 0.579. The second-order valence-electron chi connectivity index (χ2n) is 7.35. The Morgan fingerprint density at radius 1 is 1.11 bits per heavy atom. The summed E-state index contributed by atoms with van der Waals surface area (Å²) in [6.45, 7) is 9.03. The van der Waals surface area contributed by atoms with Crippen molar-refractivity contribution in [3.05, 3.63) is 47.6 Å². The Hall–Kier alpha value is -2.48. The fourth-order valence-corrected chi connectivity index (χ4v) is 3.94. The standard InChI is InChI=1S/C19H28N8/c1-4-27-18(14-26-9-5-8-20-26)22-23-19(27)16-6-10-25(11-7-16)13-17-12-21-24(3)15(17)2/h5,8-9,12,16H,4,6-7,10-11,13-14H2,1-3H3. The van der Waals surface area contributed by atoms with Crippen molar-refractivity contribution in [2.24, 2.45) is 7.05 Å². The molecule has 4 rings (SSSR count). The second-order valence-corrected chi connectivity index (χ2v) is 7.35. The lowest BCUT2D eigenvalue weighted by atomic mass is 9.95. The Morgan fingerprint density at radius 3 is 2.56 bits per heavy atom. The summed E-state index contributed by atoms with van der Waals surface area (Å²) in [6.07, 6.45) is 8.01. The summed E-state index contributed by atoms with van der Waals surface area (Å²) in [5.41, 5.74) is 2.58. The Labute approximate surface area is 159 Å². The summed E-state index contributed by atoms with van der Waals surface area (Å²) in [5, 5.41) is 17.7. The summed E-state index contributed by atoms with van der Waals surface area (Å²) in [7, 11) is 2.00. The van der Waals surface area contributed by atoms with Crippen molar-refractivity contribution in [3.8, 4) is 0 Å². The van der Waals surface area contributed by atoms with Crippen LogP contribution in [0.1, 0.15) is 48.6 Å². The third-order valence-electron chi connectivity index (χ3n) is 5.72. The molecule has 8 nitrogen and oxygen atoms in total. The van der Waals surface area contributed by atoms with Crippen molar-refractivity contribution in [3.63, 3.8) is 0 Å². The van der Waals surface area contributed by atoms with Crippen LogP contribution >= 0.6 is 0 Å². The minimum absolute atomic E-state index is 0.482. The number of piperidine rings is 1. The zero-order valence-electron chi connectivity index (χ0n) is 16.4. The van der Waals surface area contributed by atoms with E-state index in [1.807, 2.05) is 34.9 Å². The highest BCUT2D eigenvalue weighted by atomic mass is 15.3. The van der Waals surface area contributed by atoms with Crippen molar-refractivity contribution in [1.29, 1.82) is 0 Å². The first-order chi connectivity index (χ1) is 13.2. The molecule has 1 fully saturated rings. The van der Waals surface area contributed by atoms with Gasteiger partial charge in [-0.25, -0.2) is 0 Å². The van der Waals surface area contributed by atoms with Crippen molar-refractivity contribution < 1.29 is 0 Å². The van der Waals surface area contributed by atoms with Gasteiger partial charge in [-0.15, -0.1) is 10.2 Å². The van der Waals surface area contributed by atoms with Gasteiger partial charge in [0.2, 0.25) is 0 Å². The molecule has 0 aromatic carbocycles. The molecule has 0 radical (unpaired) electrons. The van der Waals surface area contributed by atoms with Gasteiger partial charge in [0.15, 0.2) is 5.82 Å². The molecule has 144 valence electrons. The highest BCUT2D eigenvalue weighted by Gasteiger charge is 2.26. The molecule has 0 N–H and O–H groups in total. The molecule has 0 aliphatic carbocycles. The Bertz CT molecular complexity index is 868. The lowest BCUT2D eigenvalue weighted by Crippen LogP contribution is -2.33. The Morgan fingerprint density at radius 2 is 1.93 bits per heavy atom. The fourth-order valence-electron chi connectivity index (χ4n) is 3.94. The zero-order valence-corrected chi connectivity index (χ0v) is 16.4. The van der Waals surface area contributed by atoms with Crippen LogP contribution in [0.25, 0.3) is 0 Å². The molecular formula is C19H28N8. The molecule has 3 aromatic heterocycles. The van der Waals surface area contributed by atoms with Crippen LogP contribution in [-0.4, -0.2) is 52.3 Å². The summed E-state index contributed by atoms with van der Waals surface area (Å²) in [6, 6.07) is 1.94. The smallest absolute Gasteiger partial charge is 0.154 e. The number of nitrogens with zero attached hydrogens (tertiary/aromatic N) is 8. The van der Waals surface area contributed by atoms with E-state index in [9.17, 15) is 0 Å². The molecule has 8 heteroatoms. The van der Waals surface area contributed by atoms with E-state index in [0.29, 0.717) is 12.5 Å². The molecule has 4 heterocycles. The largest absolute Gasteiger partial charge is 0.313 e. The second kappa shape index (κ2) is 7.64. The van der Waals surface area contributed by atoms with Gasteiger partial charge < -0.3 is 4.57 Å². The van der Waals surface area contributed by atoms with Gasteiger partial charge in [0.05, 0.1) is 6.20 Å². The molecule has 0 amide bonds. The average molecular weight is 368 g/mol. The number of likely N-dealkylation sites (tertiary alicyclic amines) is 1. The molecule has 1 aliphatic heterocycles. The van der Waals surface area contributed by atoms with Crippen molar-refractivity contribution in [2.45, 2.75) is 52.2 Å². The maximum atomic E-state index is 4.56. The maximum absolute atomic E-state index is 4.56. The van der Waals surface area contributed by atoms with E-state index in [4.69, 9.17) is 0 Å². The molecule has 0 spiro atoms. The lowest BCUT2D eigenvalue weighted by molar-refractivity contribution is 0.199. The van der Waals surface area contributed by atoms with Crippen LogP contribution in [0.15, 0.2) is 24.7 Å². The topological polar surface area (TPSA) is 69.6 Å². The van der Waals surface area contributed by atoms with E-state index in [1.54, 1.807) is 6.20 Å². The monoisotopic (exact) mass is 368 g/mol. The third-order valence-corrected chi connectivity index (χ3v) is 5.72. The van der Waals surface area contributed by atoms with Crippen LogP contribution in [0, 0.1) is 6.92 Å². The number of hydrogen-bond acceptors (Lipinski definition) is 5. The van der Waals surface area contributed by atoms with Crippen molar-refractivity contribution in [2.75, 3.05) is 13.1 Å². The summed E-state index contributed by atoms with van der Waals surface area (Å²) < 4.78 is 6.12. The van der Waals surface area contributed by atoms with Crippen LogP contribution in [0.4, 0.5) is 0 Å². The van der Waals surface area contributed by atoms with Gasteiger partial charge >= 0.3 is 0 Å². The first kappa shape index (κ1) is 17.9. The molecule has 0 bridgehead atoms. The van der Waals surface area contributed by atoms with Crippen LogP contribution in [0.5, 0.6) is 0 Å². The minimum atomic E-state index is 0.482. The predicted molar refractivity (Wildman–Crippen MR) is 102 cm³/mol. The zero-order chi connectivity index (χ0) is 18.8. The number of hydrogen-bond donors (Lipinski definition) is 0. The first-order valence-corrected chi connectivity index (χ1v) is 9.75. The molecule has 0 saturated carbocycles. The molecule has 3 aromatic rings. The normalized spacial score (nSPS) is 16.3. The van der Waals surface area contributed by atoms with Crippen LogP contribution in [-0.2, 0) is 26.7 Å². The van der Waals surface area contributed by atoms with Crippen LogP contribution in [0.2, 0.25) is 0 Å². The maximum Gasteiger partial charge on any atom is 0.154 e. The predicted octanol–water partition coefficient (Wildman–Crippen LogP) is 1.96. The number of rotatable bonds is 6. The molecule has 1 saturated heterocycles. The highest BCUT2D eigenvalue weighted by molar-refractivity contribution is 5.16. The highest BCUT2D eigenvalue weighted by Crippen LogP contribution is 2.28. The Kier molecular flexibility index (Phi) is 5.07. The van der Waals surface area contributed by atoms with E-state index < -0.39 is 0 Å².